The number of aryl methyl sites for hydroxylation is 1. The molecule has 0 atom stereocenters. The molecule has 2 rings (SSSR count). The molecule has 0 N–H and O–H groups in total. The number of carbonyl (C=O) groups is 2. The molecule has 21 heavy (non-hydrogen) atoms. The Hall–Kier alpha value is -1.99. The number of anilines is 1. The highest BCUT2D eigenvalue weighted by Crippen LogP contribution is 2.39. The van der Waals surface area contributed by atoms with E-state index < -0.39 is 23.4 Å². The Morgan fingerprint density at radius 3 is 2.33 bits per heavy atom. The van der Waals surface area contributed by atoms with Crippen LogP contribution < -0.4 is 4.90 Å². The molecule has 1 aromatic rings. The minimum atomic E-state index is -5.94. The van der Waals surface area contributed by atoms with Crippen LogP contribution in [0.4, 0.5) is 27.6 Å². The molecule has 1 aliphatic rings. The lowest BCUT2D eigenvalue weighted by atomic mass is 9.96. The predicted octanol–water partition coefficient (Wildman–Crippen LogP) is 2.98. The van der Waals surface area contributed by atoms with Crippen LogP contribution in [-0.2, 0) is 11.2 Å². The maximum atomic E-state index is 13.0. The van der Waals surface area contributed by atoms with Crippen molar-refractivity contribution in [3.05, 3.63) is 29.3 Å². The van der Waals surface area contributed by atoms with Gasteiger partial charge in [0.05, 0.1) is 0 Å². The van der Waals surface area contributed by atoms with Crippen LogP contribution in [0.25, 0.3) is 0 Å². The summed E-state index contributed by atoms with van der Waals surface area (Å²) >= 11 is 0. The van der Waals surface area contributed by atoms with E-state index in [4.69, 9.17) is 0 Å². The molecule has 8 heteroatoms. The van der Waals surface area contributed by atoms with Gasteiger partial charge < -0.3 is 4.90 Å². The zero-order chi connectivity index (χ0) is 16.0. The lowest BCUT2D eigenvalue weighted by Crippen LogP contribution is -2.44. The number of ketones is 1. The molecule has 1 aliphatic heterocycles. The molecule has 0 aliphatic carbocycles. The maximum absolute atomic E-state index is 13.0. The van der Waals surface area contributed by atoms with Crippen LogP contribution in [0, 0.1) is 0 Å². The number of carbonyl (C=O) groups excluding carboxylic acids is 2. The number of benzene rings is 1. The zero-order valence-electron chi connectivity index (χ0n) is 10.8. The third kappa shape index (κ3) is 2.50. The van der Waals surface area contributed by atoms with Crippen molar-refractivity contribution in [3.63, 3.8) is 0 Å². The van der Waals surface area contributed by atoms with Crippen LogP contribution in [0.1, 0.15) is 22.3 Å². The first-order valence-electron chi connectivity index (χ1n) is 5.94. The fourth-order valence-corrected chi connectivity index (χ4v) is 2.11. The molecule has 0 saturated heterocycles. The Balaban J connectivity index is 2.40. The van der Waals surface area contributed by atoms with E-state index in [2.05, 4.69) is 0 Å². The zero-order valence-corrected chi connectivity index (χ0v) is 10.8. The van der Waals surface area contributed by atoms with Crippen LogP contribution in [0.5, 0.6) is 0 Å². The van der Waals surface area contributed by atoms with E-state index in [1.807, 2.05) is 0 Å². The van der Waals surface area contributed by atoms with E-state index in [1.165, 1.54) is 18.0 Å². The summed E-state index contributed by atoms with van der Waals surface area (Å²) in [4.78, 5) is 24.1. The highest BCUT2D eigenvalue weighted by molar-refractivity contribution is 6.03. The monoisotopic (exact) mass is 307 g/mol. The van der Waals surface area contributed by atoms with E-state index in [0.717, 1.165) is 12.1 Å². The average Bonchev–Trinajstić information content (AvgIpc) is 2.40. The molecule has 1 heterocycles. The van der Waals surface area contributed by atoms with Gasteiger partial charge in [-0.25, -0.2) is 0 Å². The van der Waals surface area contributed by atoms with Crippen molar-refractivity contribution < 1.29 is 31.5 Å². The van der Waals surface area contributed by atoms with Crippen LogP contribution in [0.3, 0.4) is 0 Å². The fraction of sp³-hybridized carbons (Fsp3) is 0.385. The Morgan fingerprint density at radius 2 is 1.76 bits per heavy atom. The molecule has 0 bridgehead atoms. The molecule has 0 unspecified atom stereocenters. The fourth-order valence-electron chi connectivity index (χ4n) is 2.11. The van der Waals surface area contributed by atoms with Gasteiger partial charge in [-0.2, -0.15) is 22.0 Å². The number of nitrogens with zero attached hydrogens (tertiary/aromatic N) is 1. The molecular formula is C13H10F5NO2. The smallest absolute Gasteiger partial charge is 0.315 e. The van der Waals surface area contributed by atoms with Gasteiger partial charge in [-0.05, 0) is 30.2 Å². The van der Waals surface area contributed by atoms with Gasteiger partial charge in [0.1, 0.15) is 0 Å². The van der Waals surface area contributed by atoms with Gasteiger partial charge >= 0.3 is 12.1 Å². The second-order valence-corrected chi connectivity index (χ2v) is 4.70. The first kappa shape index (κ1) is 15.4. The van der Waals surface area contributed by atoms with Gasteiger partial charge in [0.15, 0.2) is 0 Å². The van der Waals surface area contributed by atoms with Crippen molar-refractivity contribution >= 4 is 17.4 Å². The molecule has 3 nitrogen and oxygen atoms in total. The van der Waals surface area contributed by atoms with E-state index in [0.29, 0.717) is 11.3 Å². The van der Waals surface area contributed by atoms with Crippen molar-refractivity contribution in [1.82, 2.24) is 0 Å². The summed E-state index contributed by atoms with van der Waals surface area (Å²) in [6.07, 6.45) is -5.64. The highest BCUT2D eigenvalue weighted by Gasteiger charge is 2.63. The van der Waals surface area contributed by atoms with Crippen LogP contribution in [-0.4, -0.2) is 30.8 Å². The van der Waals surface area contributed by atoms with Gasteiger partial charge in [-0.3, -0.25) is 9.59 Å². The summed E-state index contributed by atoms with van der Waals surface area (Å²) in [7, 11) is 1.46. The number of Topliss-reactive ketones (excluding diaryl/α,β-unsaturated/α-hetero) is 1. The standard InChI is InChI=1S/C13H10F5NO2/c1-19-9-4-2-8(6-7(9)3-5-10(19)20)11(21)12(14,15)13(16,17)18/h2,4,6H,3,5H2,1H3. The second kappa shape index (κ2) is 4.78. The lowest BCUT2D eigenvalue weighted by Gasteiger charge is -2.26. The van der Waals surface area contributed by atoms with Gasteiger partial charge in [0, 0.05) is 24.7 Å². The number of hydrogen-bond acceptors (Lipinski definition) is 2. The molecular weight excluding hydrogens is 297 g/mol. The molecule has 114 valence electrons. The Kier molecular flexibility index (Phi) is 3.51. The molecule has 0 fully saturated rings. The lowest BCUT2D eigenvalue weighted by molar-refractivity contribution is -0.255. The topological polar surface area (TPSA) is 37.4 Å². The molecule has 0 saturated carbocycles. The second-order valence-electron chi connectivity index (χ2n) is 4.70. The van der Waals surface area contributed by atoms with Gasteiger partial charge in [0.25, 0.3) is 0 Å². The summed E-state index contributed by atoms with van der Waals surface area (Å²) < 4.78 is 62.7. The number of rotatable bonds is 2. The minimum absolute atomic E-state index is 0.108. The molecule has 0 spiro atoms. The SMILES string of the molecule is CN1C(=O)CCc2cc(C(=O)C(F)(F)C(F)(F)F)ccc21. The summed E-state index contributed by atoms with van der Waals surface area (Å²) in [6.45, 7) is 0. The highest BCUT2D eigenvalue weighted by atomic mass is 19.4. The third-order valence-electron chi connectivity index (χ3n) is 3.33. The molecule has 1 aromatic carbocycles. The van der Waals surface area contributed by atoms with Crippen LogP contribution >= 0.6 is 0 Å². The number of hydrogen-bond donors (Lipinski definition) is 0. The van der Waals surface area contributed by atoms with Crippen LogP contribution in [0.15, 0.2) is 18.2 Å². The number of fused-ring (bicyclic) bond motifs is 1. The van der Waals surface area contributed by atoms with E-state index in [9.17, 15) is 31.5 Å². The molecule has 0 aromatic heterocycles. The summed E-state index contributed by atoms with van der Waals surface area (Å²) in [5.74, 6) is -7.92. The Morgan fingerprint density at radius 1 is 1.14 bits per heavy atom. The van der Waals surface area contributed by atoms with Crippen molar-refractivity contribution in [2.24, 2.45) is 0 Å². The Labute approximate surface area is 116 Å². The number of halogens is 5. The summed E-state index contributed by atoms with van der Waals surface area (Å²) in [5, 5.41) is 0. The van der Waals surface area contributed by atoms with Crippen molar-refractivity contribution in [3.8, 4) is 0 Å². The molecule has 0 radical (unpaired) electrons. The van der Waals surface area contributed by atoms with E-state index in [-0.39, 0.29) is 18.7 Å². The van der Waals surface area contributed by atoms with Crippen molar-refractivity contribution in [1.29, 1.82) is 0 Å². The van der Waals surface area contributed by atoms with Gasteiger partial charge in [0.2, 0.25) is 11.7 Å². The molecule has 1 amide bonds. The predicted molar refractivity (Wildman–Crippen MR) is 63.5 cm³/mol. The first-order valence-corrected chi connectivity index (χ1v) is 5.94. The maximum Gasteiger partial charge on any atom is 0.461 e. The summed E-state index contributed by atoms with van der Waals surface area (Å²) in [6, 6.07) is 3.06. The quantitative estimate of drug-likeness (QED) is 0.622. The normalized spacial score (nSPS) is 15.9. The van der Waals surface area contributed by atoms with Crippen molar-refractivity contribution in [2.75, 3.05) is 11.9 Å². The van der Waals surface area contributed by atoms with Crippen molar-refractivity contribution in [2.45, 2.75) is 24.9 Å². The number of amides is 1. The summed E-state index contributed by atoms with van der Waals surface area (Å²) in [5.41, 5.74) is 0.0675. The average molecular weight is 307 g/mol. The Bertz CT molecular complexity index is 609. The minimum Gasteiger partial charge on any atom is -0.315 e. The van der Waals surface area contributed by atoms with Gasteiger partial charge in [-0.15, -0.1) is 0 Å². The largest absolute Gasteiger partial charge is 0.461 e. The van der Waals surface area contributed by atoms with E-state index >= 15 is 0 Å². The van der Waals surface area contributed by atoms with Crippen LogP contribution in [0.2, 0.25) is 0 Å². The first-order chi connectivity index (χ1) is 9.55. The van der Waals surface area contributed by atoms with E-state index in [1.54, 1.807) is 0 Å². The third-order valence-corrected chi connectivity index (χ3v) is 3.33. The number of alkyl halides is 5. The van der Waals surface area contributed by atoms with Gasteiger partial charge in [-0.1, -0.05) is 0 Å².